The van der Waals surface area contributed by atoms with Crippen molar-refractivity contribution in [1.29, 1.82) is 0 Å². The molecule has 14 heavy (non-hydrogen) atoms. The Labute approximate surface area is 95.3 Å². The lowest BCUT2D eigenvalue weighted by Gasteiger charge is -1.93. The van der Waals surface area contributed by atoms with Gasteiger partial charge in [-0.1, -0.05) is 21.6 Å². The van der Waals surface area contributed by atoms with E-state index in [1.165, 1.54) is 0 Å². The standard InChI is InChI=1S/C4H12N2S2.C4H12N2/c5-1-3-7-8-4-2-6;5-3-1-2-4-6/h1-6H2;1-6H2. The zero-order valence-corrected chi connectivity index (χ0v) is 10.4. The van der Waals surface area contributed by atoms with Gasteiger partial charge in [-0.05, 0) is 25.9 Å². The van der Waals surface area contributed by atoms with Crippen LogP contribution in [0.2, 0.25) is 0 Å². The van der Waals surface area contributed by atoms with Crippen molar-refractivity contribution < 1.29 is 0 Å². The van der Waals surface area contributed by atoms with Crippen LogP contribution in [0, 0.1) is 0 Å². The first-order valence-corrected chi connectivity index (χ1v) is 7.37. The van der Waals surface area contributed by atoms with Crippen LogP contribution in [-0.2, 0) is 0 Å². The average Bonchev–Trinajstić information content (AvgIpc) is 2.22. The van der Waals surface area contributed by atoms with Crippen molar-refractivity contribution in [3.63, 3.8) is 0 Å². The van der Waals surface area contributed by atoms with Gasteiger partial charge >= 0.3 is 0 Å². The van der Waals surface area contributed by atoms with E-state index in [0.29, 0.717) is 0 Å². The first kappa shape index (κ1) is 17.0. The topological polar surface area (TPSA) is 104 Å². The molecule has 4 nitrogen and oxygen atoms in total. The fourth-order valence-corrected chi connectivity index (χ4v) is 2.22. The molecule has 0 radical (unpaired) electrons. The Balaban J connectivity index is 0. The predicted molar refractivity (Wildman–Crippen MR) is 70.4 cm³/mol. The van der Waals surface area contributed by atoms with E-state index in [1.54, 1.807) is 21.6 Å². The summed E-state index contributed by atoms with van der Waals surface area (Å²) in [6.45, 7) is 3.08. The van der Waals surface area contributed by atoms with Gasteiger partial charge in [0.05, 0.1) is 0 Å². The lowest BCUT2D eigenvalue weighted by Crippen LogP contribution is -2.03. The molecular weight excluding hydrogens is 216 g/mol. The molecule has 88 valence electrons. The molecule has 0 rings (SSSR count). The third-order valence-corrected chi connectivity index (χ3v) is 3.62. The molecule has 0 aliphatic heterocycles. The predicted octanol–water partition coefficient (Wildman–Crippen LogP) is -0.0308. The minimum atomic E-state index is 0.766. The van der Waals surface area contributed by atoms with Crippen molar-refractivity contribution in [2.45, 2.75) is 12.8 Å². The SMILES string of the molecule is NCCCCN.NCCSSCCN. The van der Waals surface area contributed by atoms with Gasteiger partial charge in [-0.15, -0.1) is 0 Å². The number of nitrogens with two attached hydrogens (primary N) is 4. The van der Waals surface area contributed by atoms with Crippen molar-refractivity contribution in [2.24, 2.45) is 22.9 Å². The van der Waals surface area contributed by atoms with Crippen molar-refractivity contribution in [3.05, 3.63) is 0 Å². The van der Waals surface area contributed by atoms with Gasteiger partial charge in [0.15, 0.2) is 0 Å². The molecular formula is C8H24N4S2. The van der Waals surface area contributed by atoms with Crippen LogP contribution in [0.4, 0.5) is 0 Å². The number of unbranched alkanes of at least 4 members (excludes halogenated alkanes) is 1. The van der Waals surface area contributed by atoms with Crippen LogP contribution in [0.1, 0.15) is 12.8 Å². The van der Waals surface area contributed by atoms with Crippen LogP contribution in [0.25, 0.3) is 0 Å². The summed E-state index contributed by atoms with van der Waals surface area (Å²) < 4.78 is 0. The summed E-state index contributed by atoms with van der Waals surface area (Å²) in [4.78, 5) is 0. The normalized spacial score (nSPS) is 9.43. The van der Waals surface area contributed by atoms with Crippen LogP contribution >= 0.6 is 21.6 Å². The highest BCUT2D eigenvalue weighted by atomic mass is 33.1. The summed E-state index contributed by atoms with van der Waals surface area (Å²) in [5, 5.41) is 0. The van der Waals surface area contributed by atoms with E-state index in [1.807, 2.05) is 0 Å². The Morgan fingerprint density at radius 3 is 1.14 bits per heavy atom. The Bertz CT molecular complexity index is 75.7. The third kappa shape index (κ3) is 22.9. The summed E-state index contributed by atoms with van der Waals surface area (Å²) in [7, 11) is 3.58. The molecule has 0 fully saturated rings. The molecule has 0 aromatic rings. The van der Waals surface area contributed by atoms with Crippen LogP contribution in [0.15, 0.2) is 0 Å². The van der Waals surface area contributed by atoms with E-state index in [0.717, 1.165) is 50.5 Å². The molecule has 0 amide bonds. The minimum Gasteiger partial charge on any atom is -0.330 e. The van der Waals surface area contributed by atoms with Crippen molar-refractivity contribution in [1.82, 2.24) is 0 Å². The summed E-state index contributed by atoms with van der Waals surface area (Å²) >= 11 is 0. The smallest absolute Gasteiger partial charge is 0.0160 e. The summed E-state index contributed by atoms with van der Waals surface area (Å²) in [6.07, 6.45) is 2.13. The van der Waals surface area contributed by atoms with Crippen molar-refractivity contribution in [2.75, 3.05) is 37.7 Å². The summed E-state index contributed by atoms with van der Waals surface area (Å²) in [5.74, 6) is 2.06. The Morgan fingerprint density at radius 2 is 0.929 bits per heavy atom. The Hall–Kier alpha value is 0.540. The van der Waals surface area contributed by atoms with Gasteiger partial charge in [-0.3, -0.25) is 0 Å². The maximum atomic E-state index is 5.25. The maximum Gasteiger partial charge on any atom is 0.0160 e. The summed E-state index contributed by atoms with van der Waals surface area (Å²) in [5.41, 5.74) is 20.8. The van der Waals surface area contributed by atoms with Gasteiger partial charge in [0.25, 0.3) is 0 Å². The molecule has 0 saturated carbocycles. The minimum absolute atomic E-state index is 0.766. The second-order valence-electron chi connectivity index (χ2n) is 2.51. The van der Waals surface area contributed by atoms with Gasteiger partial charge in [0, 0.05) is 24.6 Å². The Kier molecular flexibility index (Phi) is 23.2. The lowest BCUT2D eigenvalue weighted by molar-refractivity contribution is 0.755. The van der Waals surface area contributed by atoms with E-state index in [4.69, 9.17) is 22.9 Å². The van der Waals surface area contributed by atoms with Gasteiger partial charge in [-0.2, -0.15) is 0 Å². The van der Waals surface area contributed by atoms with E-state index in [2.05, 4.69) is 0 Å². The zero-order valence-electron chi connectivity index (χ0n) is 8.78. The second kappa shape index (κ2) is 19.2. The molecule has 0 unspecified atom stereocenters. The molecule has 6 heteroatoms. The zero-order chi connectivity index (χ0) is 11.1. The highest BCUT2D eigenvalue weighted by Gasteiger charge is 1.84. The largest absolute Gasteiger partial charge is 0.330 e. The van der Waals surface area contributed by atoms with E-state index in [-0.39, 0.29) is 0 Å². The van der Waals surface area contributed by atoms with E-state index < -0.39 is 0 Å². The highest BCUT2D eigenvalue weighted by Crippen LogP contribution is 2.18. The average molecular weight is 240 g/mol. The summed E-state index contributed by atoms with van der Waals surface area (Å²) in [6, 6.07) is 0. The molecule has 8 N–H and O–H groups in total. The number of hydrogen-bond acceptors (Lipinski definition) is 6. The third-order valence-electron chi connectivity index (χ3n) is 1.14. The van der Waals surface area contributed by atoms with Crippen LogP contribution in [0.5, 0.6) is 0 Å². The number of hydrogen-bond donors (Lipinski definition) is 4. The molecule has 0 heterocycles. The molecule has 0 atom stereocenters. The monoisotopic (exact) mass is 240 g/mol. The lowest BCUT2D eigenvalue weighted by atomic mass is 10.3. The van der Waals surface area contributed by atoms with Crippen LogP contribution in [-0.4, -0.2) is 37.7 Å². The van der Waals surface area contributed by atoms with E-state index in [9.17, 15) is 0 Å². The van der Waals surface area contributed by atoms with Gasteiger partial charge in [0.1, 0.15) is 0 Å². The molecule has 0 spiro atoms. The Morgan fingerprint density at radius 1 is 0.571 bits per heavy atom. The maximum absolute atomic E-state index is 5.25. The first-order valence-electron chi connectivity index (χ1n) is 4.88. The van der Waals surface area contributed by atoms with Crippen LogP contribution < -0.4 is 22.9 Å². The molecule has 0 bridgehead atoms. The quantitative estimate of drug-likeness (QED) is 0.351. The van der Waals surface area contributed by atoms with E-state index >= 15 is 0 Å². The molecule has 0 aliphatic carbocycles. The van der Waals surface area contributed by atoms with Gasteiger partial charge in [0.2, 0.25) is 0 Å². The van der Waals surface area contributed by atoms with Crippen LogP contribution in [0.3, 0.4) is 0 Å². The van der Waals surface area contributed by atoms with Gasteiger partial charge < -0.3 is 22.9 Å². The molecule has 0 aromatic heterocycles. The fraction of sp³-hybridized carbons (Fsp3) is 1.00. The highest BCUT2D eigenvalue weighted by molar-refractivity contribution is 8.76. The second-order valence-corrected chi connectivity index (χ2v) is 5.21. The molecule has 0 aliphatic rings. The molecule has 0 saturated heterocycles. The van der Waals surface area contributed by atoms with Crippen molar-refractivity contribution >= 4 is 21.6 Å². The van der Waals surface area contributed by atoms with Gasteiger partial charge in [-0.25, -0.2) is 0 Å². The molecule has 0 aromatic carbocycles. The number of rotatable bonds is 8. The van der Waals surface area contributed by atoms with Crippen molar-refractivity contribution in [3.8, 4) is 0 Å². The fourth-order valence-electron chi connectivity index (χ4n) is 0.503. The first-order chi connectivity index (χ1) is 6.83.